The van der Waals surface area contributed by atoms with E-state index in [-0.39, 0.29) is 0 Å². The van der Waals surface area contributed by atoms with Crippen molar-refractivity contribution in [1.82, 2.24) is 15.2 Å². The molecule has 1 aliphatic rings. The molecular formula is C16H18ClN3O3. The molecule has 2 aromatic rings. The molecule has 1 aliphatic heterocycles. The Hall–Kier alpha value is -1.89. The van der Waals surface area contributed by atoms with E-state index in [1.165, 1.54) is 0 Å². The molecule has 0 atom stereocenters. The predicted octanol–water partition coefficient (Wildman–Crippen LogP) is 1.45. The topological polar surface area (TPSA) is 74.4 Å². The van der Waals surface area contributed by atoms with Crippen LogP contribution in [0.5, 0.6) is 0 Å². The van der Waals surface area contributed by atoms with Crippen LogP contribution in [0.25, 0.3) is 10.9 Å². The largest absolute Gasteiger partial charge is 0.379 e. The first kappa shape index (κ1) is 16.0. The van der Waals surface area contributed by atoms with E-state index in [4.69, 9.17) is 16.3 Å². The van der Waals surface area contributed by atoms with Gasteiger partial charge in [0, 0.05) is 48.3 Å². The maximum Gasteiger partial charge on any atom is 0.292 e. The lowest BCUT2D eigenvalue weighted by Gasteiger charge is -2.26. The van der Waals surface area contributed by atoms with Crippen LogP contribution in [0.3, 0.4) is 0 Å². The highest BCUT2D eigenvalue weighted by Crippen LogP contribution is 2.22. The number of rotatable bonds is 5. The number of benzene rings is 1. The summed E-state index contributed by atoms with van der Waals surface area (Å²) in [7, 11) is 0. The van der Waals surface area contributed by atoms with E-state index < -0.39 is 11.7 Å². The van der Waals surface area contributed by atoms with Gasteiger partial charge in [0.15, 0.2) is 0 Å². The SMILES string of the molecule is O=C(NCCN1CCOCC1)C(=O)c1c[nH]c2ccc(Cl)cc12. The molecule has 0 bridgehead atoms. The second-order valence-electron chi connectivity index (χ2n) is 5.43. The minimum absolute atomic E-state index is 0.339. The minimum Gasteiger partial charge on any atom is -0.379 e. The third-order valence-electron chi connectivity index (χ3n) is 3.91. The van der Waals surface area contributed by atoms with Crippen molar-refractivity contribution in [2.45, 2.75) is 0 Å². The fourth-order valence-electron chi connectivity index (χ4n) is 2.64. The van der Waals surface area contributed by atoms with E-state index in [1.807, 2.05) is 0 Å². The van der Waals surface area contributed by atoms with Gasteiger partial charge >= 0.3 is 0 Å². The van der Waals surface area contributed by atoms with Crippen molar-refractivity contribution in [2.24, 2.45) is 0 Å². The first-order valence-corrected chi connectivity index (χ1v) is 7.92. The van der Waals surface area contributed by atoms with Gasteiger partial charge in [0.2, 0.25) is 0 Å². The summed E-state index contributed by atoms with van der Waals surface area (Å²) >= 11 is 5.96. The lowest BCUT2D eigenvalue weighted by Crippen LogP contribution is -2.42. The number of carbonyl (C=O) groups excluding carboxylic acids is 2. The molecule has 0 radical (unpaired) electrons. The minimum atomic E-state index is -0.598. The van der Waals surface area contributed by atoms with E-state index in [0.717, 1.165) is 18.6 Å². The zero-order valence-electron chi connectivity index (χ0n) is 12.6. The van der Waals surface area contributed by atoms with Gasteiger partial charge in [-0.2, -0.15) is 0 Å². The number of aromatic nitrogens is 1. The summed E-state index contributed by atoms with van der Waals surface area (Å²) in [6, 6.07) is 5.20. The Balaban J connectivity index is 1.60. The second kappa shape index (κ2) is 7.12. The molecule has 2 heterocycles. The van der Waals surface area contributed by atoms with Gasteiger partial charge < -0.3 is 15.0 Å². The van der Waals surface area contributed by atoms with Crippen molar-refractivity contribution in [3.05, 3.63) is 35.0 Å². The quantitative estimate of drug-likeness (QED) is 0.640. The Labute approximate surface area is 138 Å². The van der Waals surface area contributed by atoms with Crippen molar-refractivity contribution in [2.75, 3.05) is 39.4 Å². The van der Waals surface area contributed by atoms with Crippen molar-refractivity contribution < 1.29 is 14.3 Å². The third kappa shape index (κ3) is 3.72. The van der Waals surface area contributed by atoms with Crippen LogP contribution in [0.1, 0.15) is 10.4 Å². The highest BCUT2D eigenvalue weighted by atomic mass is 35.5. The molecule has 0 spiro atoms. The standard InChI is InChI=1S/C16H18ClN3O3/c17-11-1-2-14-12(9-11)13(10-19-14)15(21)16(22)18-3-4-20-5-7-23-8-6-20/h1-2,9-10,19H,3-8H2,(H,18,22). The van der Waals surface area contributed by atoms with Crippen LogP contribution in [0.15, 0.2) is 24.4 Å². The second-order valence-corrected chi connectivity index (χ2v) is 5.87. The maximum atomic E-state index is 12.3. The Kier molecular flexibility index (Phi) is 4.95. The number of morpholine rings is 1. The fraction of sp³-hybridized carbons (Fsp3) is 0.375. The van der Waals surface area contributed by atoms with Gasteiger partial charge in [-0.05, 0) is 18.2 Å². The number of fused-ring (bicyclic) bond motifs is 1. The molecule has 1 amide bonds. The molecule has 0 aliphatic carbocycles. The molecule has 1 fully saturated rings. The van der Waals surface area contributed by atoms with E-state index in [9.17, 15) is 9.59 Å². The Morgan fingerprint density at radius 2 is 2.09 bits per heavy atom. The molecule has 1 aromatic carbocycles. The lowest BCUT2D eigenvalue weighted by atomic mass is 10.1. The summed E-state index contributed by atoms with van der Waals surface area (Å²) in [6.45, 7) is 4.28. The number of carbonyl (C=O) groups is 2. The van der Waals surface area contributed by atoms with Crippen molar-refractivity contribution in [1.29, 1.82) is 0 Å². The predicted molar refractivity (Wildman–Crippen MR) is 87.9 cm³/mol. The first-order chi connectivity index (χ1) is 11.1. The van der Waals surface area contributed by atoms with Gasteiger partial charge in [0.25, 0.3) is 11.7 Å². The van der Waals surface area contributed by atoms with Crippen LogP contribution in [0.2, 0.25) is 5.02 Å². The first-order valence-electron chi connectivity index (χ1n) is 7.54. The highest BCUT2D eigenvalue weighted by Gasteiger charge is 2.20. The number of hydrogen-bond acceptors (Lipinski definition) is 4. The van der Waals surface area contributed by atoms with Crippen LogP contribution >= 0.6 is 11.6 Å². The molecule has 122 valence electrons. The van der Waals surface area contributed by atoms with Crippen molar-refractivity contribution >= 4 is 34.2 Å². The van der Waals surface area contributed by atoms with Crippen LogP contribution < -0.4 is 5.32 Å². The van der Waals surface area contributed by atoms with Gasteiger partial charge in [-0.25, -0.2) is 0 Å². The molecule has 2 N–H and O–H groups in total. The normalized spacial score (nSPS) is 15.7. The van der Waals surface area contributed by atoms with Gasteiger partial charge in [-0.1, -0.05) is 11.6 Å². The summed E-state index contributed by atoms with van der Waals surface area (Å²) in [5.74, 6) is -1.15. The summed E-state index contributed by atoms with van der Waals surface area (Å²) in [5.41, 5.74) is 1.12. The van der Waals surface area contributed by atoms with Crippen LogP contribution in [0, 0.1) is 0 Å². The molecule has 1 saturated heterocycles. The molecule has 0 saturated carbocycles. The Morgan fingerprint density at radius 3 is 2.87 bits per heavy atom. The van der Waals surface area contributed by atoms with Gasteiger partial charge in [0.05, 0.1) is 18.8 Å². The van der Waals surface area contributed by atoms with Crippen LogP contribution in [0.4, 0.5) is 0 Å². The van der Waals surface area contributed by atoms with E-state index in [0.29, 0.717) is 42.3 Å². The zero-order chi connectivity index (χ0) is 16.2. The monoisotopic (exact) mass is 335 g/mol. The van der Waals surface area contributed by atoms with E-state index in [2.05, 4.69) is 15.2 Å². The van der Waals surface area contributed by atoms with Crippen molar-refractivity contribution in [3.8, 4) is 0 Å². The van der Waals surface area contributed by atoms with Crippen molar-refractivity contribution in [3.63, 3.8) is 0 Å². The summed E-state index contributed by atoms with van der Waals surface area (Å²) in [4.78, 5) is 29.5. The van der Waals surface area contributed by atoms with E-state index in [1.54, 1.807) is 24.4 Å². The maximum absolute atomic E-state index is 12.3. The smallest absolute Gasteiger partial charge is 0.292 e. The number of nitrogens with one attached hydrogen (secondary N) is 2. The molecule has 0 unspecified atom stereocenters. The number of nitrogens with zero attached hydrogens (tertiary/aromatic N) is 1. The number of amides is 1. The van der Waals surface area contributed by atoms with Gasteiger partial charge in [0.1, 0.15) is 0 Å². The average Bonchev–Trinajstić information content (AvgIpc) is 2.98. The number of aromatic amines is 1. The highest BCUT2D eigenvalue weighted by molar-refractivity contribution is 6.45. The molecular weight excluding hydrogens is 318 g/mol. The van der Waals surface area contributed by atoms with E-state index >= 15 is 0 Å². The number of halogens is 1. The Bertz CT molecular complexity index is 722. The molecule has 23 heavy (non-hydrogen) atoms. The zero-order valence-corrected chi connectivity index (χ0v) is 13.4. The fourth-order valence-corrected chi connectivity index (χ4v) is 2.81. The number of hydrogen-bond donors (Lipinski definition) is 2. The van der Waals surface area contributed by atoms with Gasteiger partial charge in [-0.15, -0.1) is 0 Å². The molecule has 7 heteroatoms. The Morgan fingerprint density at radius 1 is 1.30 bits per heavy atom. The van der Waals surface area contributed by atoms with Gasteiger partial charge in [-0.3, -0.25) is 14.5 Å². The number of ether oxygens (including phenoxy) is 1. The number of H-pyrrole nitrogens is 1. The lowest BCUT2D eigenvalue weighted by molar-refractivity contribution is -0.117. The summed E-state index contributed by atoms with van der Waals surface area (Å²) < 4.78 is 5.27. The average molecular weight is 336 g/mol. The summed E-state index contributed by atoms with van der Waals surface area (Å²) in [5, 5.41) is 3.86. The molecule has 1 aromatic heterocycles. The number of ketones is 1. The molecule has 6 nitrogen and oxygen atoms in total. The third-order valence-corrected chi connectivity index (χ3v) is 4.15. The number of Topliss-reactive ketones (excluding diaryl/α,β-unsaturated/α-hetero) is 1. The summed E-state index contributed by atoms with van der Waals surface area (Å²) in [6.07, 6.45) is 1.55. The molecule has 3 rings (SSSR count). The van der Waals surface area contributed by atoms with Crippen LogP contribution in [-0.4, -0.2) is 61.0 Å². The van der Waals surface area contributed by atoms with Crippen LogP contribution in [-0.2, 0) is 9.53 Å².